The number of benzene rings is 3. The van der Waals surface area contributed by atoms with Crippen LogP contribution in [0.3, 0.4) is 0 Å². The number of rotatable bonds is 7. The molecule has 15 heteroatoms. The minimum absolute atomic E-state index is 0.0547. The number of hydrogen-bond acceptors (Lipinski definition) is 8. The summed E-state index contributed by atoms with van der Waals surface area (Å²) < 4.78 is 64.9. The lowest BCUT2D eigenvalue weighted by Crippen LogP contribution is -2.09. The first-order valence-corrected chi connectivity index (χ1v) is 11.2. The van der Waals surface area contributed by atoms with Crippen molar-refractivity contribution >= 4 is 44.2 Å². The van der Waals surface area contributed by atoms with Gasteiger partial charge in [0.05, 0.1) is 25.2 Å². The lowest BCUT2D eigenvalue weighted by molar-refractivity contribution is -0.392. The van der Waals surface area contributed by atoms with E-state index in [1.165, 1.54) is 31.2 Å². The standard InChI is InChI=1S/C21H15F3N4O7S/c1-12(29)25-14-2-6-16(7-3-14)36(34,35)17-8-4-15(5-9-17)26-20-18(27(30)31)10-13(21(22,23)24)11-19(20)28(32)33/h2-11,26H,1H3,(H,25,29). The Balaban J connectivity index is 1.96. The Morgan fingerprint density at radius 1 is 0.833 bits per heavy atom. The summed E-state index contributed by atoms with van der Waals surface area (Å²) in [5.74, 6) is -0.345. The van der Waals surface area contributed by atoms with Crippen LogP contribution in [0.15, 0.2) is 70.5 Å². The average molecular weight is 524 g/mol. The molecule has 3 rings (SSSR count). The van der Waals surface area contributed by atoms with Crippen molar-refractivity contribution in [3.05, 3.63) is 86.5 Å². The molecule has 0 spiro atoms. The number of alkyl halides is 3. The highest BCUT2D eigenvalue weighted by atomic mass is 32.2. The summed E-state index contributed by atoms with van der Waals surface area (Å²) >= 11 is 0. The molecule has 1 amide bonds. The predicted molar refractivity (Wildman–Crippen MR) is 121 cm³/mol. The van der Waals surface area contributed by atoms with Gasteiger partial charge >= 0.3 is 6.18 Å². The number of carbonyl (C=O) groups is 1. The number of halogens is 3. The summed E-state index contributed by atoms with van der Waals surface area (Å²) in [5, 5.41) is 27.6. The van der Waals surface area contributed by atoms with E-state index in [2.05, 4.69) is 10.6 Å². The van der Waals surface area contributed by atoms with Crippen LogP contribution in [0, 0.1) is 20.2 Å². The molecule has 0 bridgehead atoms. The monoisotopic (exact) mass is 524 g/mol. The predicted octanol–water partition coefficient (Wildman–Crippen LogP) is 5.06. The van der Waals surface area contributed by atoms with Crippen molar-refractivity contribution in [2.45, 2.75) is 22.9 Å². The number of hydrogen-bond donors (Lipinski definition) is 2. The van der Waals surface area contributed by atoms with E-state index in [0.717, 1.165) is 24.3 Å². The van der Waals surface area contributed by atoms with Crippen molar-refractivity contribution in [1.29, 1.82) is 0 Å². The van der Waals surface area contributed by atoms with Crippen LogP contribution in [0.25, 0.3) is 0 Å². The molecule has 3 aromatic carbocycles. The van der Waals surface area contributed by atoms with Crippen LogP contribution in [0.2, 0.25) is 0 Å². The number of nitrogens with zero attached hydrogens (tertiary/aromatic N) is 2. The molecular formula is C21H15F3N4O7S. The van der Waals surface area contributed by atoms with Gasteiger partial charge in [-0.25, -0.2) is 8.42 Å². The maximum atomic E-state index is 13.1. The fourth-order valence-corrected chi connectivity index (χ4v) is 4.37. The fourth-order valence-electron chi connectivity index (χ4n) is 3.11. The van der Waals surface area contributed by atoms with Crippen molar-refractivity contribution in [3.63, 3.8) is 0 Å². The molecule has 0 atom stereocenters. The SMILES string of the molecule is CC(=O)Nc1ccc(S(=O)(=O)c2ccc(Nc3c([N+](=O)[O-])cc(C(F)(F)F)cc3[N+](=O)[O-])cc2)cc1. The molecule has 0 fully saturated rings. The van der Waals surface area contributed by atoms with Gasteiger partial charge in [-0.15, -0.1) is 0 Å². The molecule has 3 aromatic rings. The molecule has 0 aliphatic rings. The van der Waals surface area contributed by atoms with Crippen LogP contribution >= 0.6 is 0 Å². The highest BCUT2D eigenvalue weighted by Crippen LogP contribution is 2.42. The molecule has 0 aliphatic carbocycles. The Labute approximate surface area is 200 Å². The molecule has 11 nitrogen and oxygen atoms in total. The Morgan fingerprint density at radius 3 is 1.61 bits per heavy atom. The number of amides is 1. The number of nitrogens with one attached hydrogen (secondary N) is 2. The lowest BCUT2D eigenvalue weighted by atomic mass is 10.1. The van der Waals surface area contributed by atoms with Crippen molar-refractivity contribution in [2.24, 2.45) is 0 Å². The van der Waals surface area contributed by atoms with Crippen LogP contribution < -0.4 is 10.6 Å². The third-order valence-corrected chi connectivity index (χ3v) is 6.52. The molecule has 188 valence electrons. The summed E-state index contributed by atoms with van der Waals surface area (Å²) in [7, 11) is -4.02. The first-order valence-electron chi connectivity index (χ1n) is 9.74. The van der Waals surface area contributed by atoms with Crippen LogP contribution in [-0.2, 0) is 20.8 Å². The van der Waals surface area contributed by atoms with E-state index in [4.69, 9.17) is 0 Å². The van der Waals surface area contributed by atoms with Gasteiger partial charge in [0.2, 0.25) is 15.7 Å². The van der Waals surface area contributed by atoms with Crippen LogP contribution in [-0.4, -0.2) is 24.2 Å². The maximum Gasteiger partial charge on any atom is 0.416 e. The van der Waals surface area contributed by atoms with Gasteiger partial charge in [-0.2, -0.15) is 13.2 Å². The second-order valence-electron chi connectivity index (χ2n) is 7.26. The number of sulfone groups is 1. The number of nitro benzene ring substituents is 2. The first kappa shape index (κ1) is 26.1. The van der Waals surface area contributed by atoms with Crippen molar-refractivity contribution in [2.75, 3.05) is 10.6 Å². The van der Waals surface area contributed by atoms with E-state index in [1.807, 2.05) is 0 Å². The smallest absolute Gasteiger partial charge is 0.344 e. The molecule has 0 heterocycles. The molecule has 36 heavy (non-hydrogen) atoms. The summed E-state index contributed by atoms with van der Waals surface area (Å²) in [5.41, 5.74) is -4.43. The number of carbonyl (C=O) groups excluding carboxylic acids is 1. The fraction of sp³-hybridized carbons (Fsp3) is 0.0952. The minimum Gasteiger partial charge on any atom is -0.344 e. The molecule has 2 N–H and O–H groups in total. The molecule has 0 saturated heterocycles. The molecular weight excluding hydrogens is 509 g/mol. The zero-order valence-corrected chi connectivity index (χ0v) is 18.9. The van der Waals surface area contributed by atoms with Gasteiger partial charge in [0.15, 0.2) is 5.69 Å². The van der Waals surface area contributed by atoms with E-state index in [1.54, 1.807) is 0 Å². The Hall–Kier alpha value is -4.53. The lowest BCUT2D eigenvalue weighted by Gasteiger charge is -2.12. The second kappa shape index (κ2) is 9.61. The Kier molecular flexibility index (Phi) is 6.96. The molecule has 0 radical (unpaired) electrons. The van der Waals surface area contributed by atoms with E-state index in [-0.39, 0.29) is 33.5 Å². The van der Waals surface area contributed by atoms with Gasteiger partial charge in [0.25, 0.3) is 11.4 Å². The van der Waals surface area contributed by atoms with E-state index in [9.17, 15) is 46.6 Å². The normalized spacial score (nSPS) is 11.6. The van der Waals surface area contributed by atoms with Crippen LogP contribution in [0.1, 0.15) is 12.5 Å². The molecule has 0 unspecified atom stereocenters. The number of nitro groups is 2. The third-order valence-electron chi connectivity index (χ3n) is 4.74. The van der Waals surface area contributed by atoms with Crippen molar-refractivity contribution in [3.8, 4) is 0 Å². The average Bonchev–Trinajstić information content (AvgIpc) is 2.78. The van der Waals surface area contributed by atoms with Gasteiger partial charge in [0.1, 0.15) is 0 Å². The molecule has 0 aromatic heterocycles. The van der Waals surface area contributed by atoms with E-state index in [0.29, 0.717) is 5.69 Å². The van der Waals surface area contributed by atoms with Gasteiger partial charge < -0.3 is 10.6 Å². The largest absolute Gasteiger partial charge is 0.416 e. The maximum absolute atomic E-state index is 13.1. The zero-order valence-electron chi connectivity index (χ0n) is 18.1. The number of anilines is 3. The quantitative estimate of drug-likeness (QED) is 0.320. The Morgan fingerprint density at radius 2 is 1.25 bits per heavy atom. The zero-order chi connectivity index (χ0) is 26.8. The Bertz CT molecular complexity index is 1420. The van der Waals surface area contributed by atoms with Gasteiger partial charge in [-0.3, -0.25) is 25.0 Å². The van der Waals surface area contributed by atoms with E-state index < -0.39 is 48.5 Å². The summed E-state index contributed by atoms with van der Waals surface area (Å²) in [4.78, 5) is 31.1. The molecule has 0 saturated carbocycles. The van der Waals surface area contributed by atoms with Crippen molar-refractivity contribution in [1.82, 2.24) is 0 Å². The summed E-state index contributed by atoms with van der Waals surface area (Å²) in [6.45, 7) is 1.29. The third kappa shape index (κ3) is 5.57. The first-order chi connectivity index (χ1) is 16.7. The summed E-state index contributed by atoms with van der Waals surface area (Å²) in [6, 6.07) is 10.1. The van der Waals surface area contributed by atoms with Crippen LogP contribution in [0.5, 0.6) is 0 Å². The highest BCUT2D eigenvalue weighted by Gasteiger charge is 2.37. The van der Waals surface area contributed by atoms with E-state index >= 15 is 0 Å². The van der Waals surface area contributed by atoms with Crippen molar-refractivity contribution < 1.29 is 36.2 Å². The highest BCUT2D eigenvalue weighted by molar-refractivity contribution is 7.91. The second-order valence-corrected chi connectivity index (χ2v) is 9.21. The van der Waals surface area contributed by atoms with Gasteiger partial charge in [-0.1, -0.05) is 0 Å². The van der Waals surface area contributed by atoms with Gasteiger partial charge in [-0.05, 0) is 48.5 Å². The molecule has 0 aliphatic heterocycles. The van der Waals surface area contributed by atoms with Gasteiger partial charge in [0, 0.05) is 30.4 Å². The topological polar surface area (TPSA) is 162 Å². The van der Waals surface area contributed by atoms with Crippen LogP contribution in [0.4, 0.5) is 41.6 Å². The summed E-state index contributed by atoms with van der Waals surface area (Å²) in [6.07, 6.45) is -5.07. The minimum atomic E-state index is -5.07.